The fourth-order valence-corrected chi connectivity index (χ4v) is 0.828. The minimum atomic E-state index is -6.91. The van der Waals surface area contributed by atoms with Crippen LogP contribution in [-0.2, 0) is 9.47 Å². The Kier molecular flexibility index (Phi) is 4.57. The third-order valence-corrected chi connectivity index (χ3v) is 1.83. The van der Waals surface area contributed by atoms with Gasteiger partial charge >= 0.3 is 24.1 Å². The van der Waals surface area contributed by atoms with Crippen molar-refractivity contribution in [3.05, 3.63) is 0 Å². The van der Waals surface area contributed by atoms with Gasteiger partial charge in [-0.05, 0) is 6.92 Å². The lowest BCUT2D eigenvalue weighted by molar-refractivity contribution is -0.464. The fourth-order valence-electron chi connectivity index (χ4n) is 0.828. The predicted molar refractivity (Wildman–Crippen MR) is 38.5 cm³/mol. The third-order valence-electron chi connectivity index (χ3n) is 1.83. The lowest BCUT2D eigenvalue weighted by Crippen LogP contribution is -2.65. The van der Waals surface area contributed by atoms with Gasteiger partial charge < -0.3 is 4.74 Å². The quantitative estimate of drug-likeness (QED) is 0.584. The van der Waals surface area contributed by atoms with E-state index in [9.17, 15) is 39.5 Å². The van der Waals surface area contributed by atoms with Gasteiger partial charge in [-0.1, -0.05) is 0 Å². The molecular formula is C7H7F9O2. The van der Waals surface area contributed by atoms with Gasteiger partial charge in [-0.15, -0.1) is 0 Å². The van der Waals surface area contributed by atoms with E-state index in [0.29, 0.717) is 14.0 Å². The van der Waals surface area contributed by atoms with Crippen molar-refractivity contribution in [2.45, 2.75) is 37.3 Å². The average molecular weight is 294 g/mol. The molecule has 0 aliphatic heterocycles. The molecule has 0 aliphatic carbocycles. The first-order valence-electron chi connectivity index (χ1n) is 4.11. The van der Waals surface area contributed by atoms with E-state index in [-0.39, 0.29) is 0 Å². The van der Waals surface area contributed by atoms with E-state index < -0.39 is 30.4 Å². The van der Waals surface area contributed by atoms with Crippen LogP contribution < -0.4 is 0 Å². The van der Waals surface area contributed by atoms with E-state index >= 15 is 0 Å². The molecular weight excluding hydrogens is 287 g/mol. The molecule has 0 amide bonds. The molecule has 1 unspecified atom stereocenters. The standard InChI is InChI=1S/C7H7F9O2/c1-3(17-2)18-7(15,16)4(8,5(9,10)11)6(12,13)14/h3H,1-2H3. The van der Waals surface area contributed by atoms with Crippen molar-refractivity contribution in [3.63, 3.8) is 0 Å². The minimum absolute atomic E-state index is 0.571. The highest BCUT2D eigenvalue weighted by atomic mass is 19.4. The Bertz CT molecular complexity index is 268. The molecule has 0 heterocycles. The van der Waals surface area contributed by atoms with Gasteiger partial charge in [0.2, 0.25) is 0 Å². The summed E-state index contributed by atoms with van der Waals surface area (Å²) in [7, 11) is 0.668. The second-order valence-corrected chi connectivity index (χ2v) is 3.09. The van der Waals surface area contributed by atoms with Crippen LogP contribution in [0, 0.1) is 0 Å². The van der Waals surface area contributed by atoms with Gasteiger partial charge in [0.1, 0.15) is 0 Å². The van der Waals surface area contributed by atoms with Crippen LogP contribution in [0.5, 0.6) is 0 Å². The number of halogens is 9. The zero-order chi connectivity index (χ0) is 15.0. The Labute approximate surface area is 94.6 Å². The molecule has 0 aliphatic rings. The topological polar surface area (TPSA) is 18.5 Å². The van der Waals surface area contributed by atoms with Crippen LogP contribution in [0.1, 0.15) is 6.92 Å². The van der Waals surface area contributed by atoms with Crippen LogP contribution in [0.25, 0.3) is 0 Å². The van der Waals surface area contributed by atoms with E-state index in [1.807, 2.05) is 0 Å². The number of hydrogen-bond acceptors (Lipinski definition) is 2. The summed E-state index contributed by atoms with van der Waals surface area (Å²) in [6.07, 6.45) is -22.2. The molecule has 0 aromatic rings. The largest absolute Gasteiger partial charge is 0.440 e. The summed E-state index contributed by atoms with van der Waals surface area (Å²) in [6, 6.07) is 0. The molecule has 1 atom stereocenters. The lowest BCUT2D eigenvalue weighted by Gasteiger charge is -2.36. The van der Waals surface area contributed by atoms with Crippen LogP contribution in [-0.4, -0.2) is 37.5 Å². The van der Waals surface area contributed by atoms with Gasteiger partial charge in [0.05, 0.1) is 0 Å². The van der Waals surface area contributed by atoms with Crippen molar-refractivity contribution in [2.24, 2.45) is 0 Å². The van der Waals surface area contributed by atoms with Gasteiger partial charge in [0.15, 0.2) is 6.29 Å². The number of ether oxygens (including phenoxy) is 2. The second-order valence-electron chi connectivity index (χ2n) is 3.09. The van der Waals surface area contributed by atoms with Crippen LogP contribution in [0.3, 0.4) is 0 Å². The molecule has 0 aromatic carbocycles. The zero-order valence-electron chi connectivity index (χ0n) is 8.80. The molecule has 11 heteroatoms. The van der Waals surface area contributed by atoms with Crippen molar-refractivity contribution in [2.75, 3.05) is 7.11 Å². The lowest BCUT2D eigenvalue weighted by atomic mass is 10.0. The summed E-state index contributed by atoms with van der Waals surface area (Å²) < 4.78 is 117. The van der Waals surface area contributed by atoms with E-state index in [2.05, 4.69) is 9.47 Å². The highest BCUT2D eigenvalue weighted by Gasteiger charge is 2.85. The predicted octanol–water partition coefficient (Wildman–Crippen LogP) is 3.42. The fraction of sp³-hybridized carbons (Fsp3) is 1.00. The maximum Gasteiger partial charge on any atom is 0.440 e. The van der Waals surface area contributed by atoms with Crippen LogP contribution in [0.15, 0.2) is 0 Å². The summed E-state index contributed by atoms with van der Waals surface area (Å²) in [5.41, 5.74) is -6.83. The van der Waals surface area contributed by atoms with Crippen molar-refractivity contribution in [3.8, 4) is 0 Å². The maximum absolute atomic E-state index is 12.9. The molecule has 110 valence electrons. The third kappa shape index (κ3) is 2.82. The van der Waals surface area contributed by atoms with Gasteiger partial charge in [0, 0.05) is 7.11 Å². The number of methoxy groups -OCH3 is 1. The van der Waals surface area contributed by atoms with Crippen LogP contribution >= 0.6 is 0 Å². The Morgan fingerprint density at radius 1 is 0.778 bits per heavy atom. The minimum Gasteiger partial charge on any atom is -0.356 e. The summed E-state index contributed by atoms with van der Waals surface area (Å²) >= 11 is 0. The molecule has 2 nitrogen and oxygen atoms in total. The van der Waals surface area contributed by atoms with Gasteiger partial charge in [0.25, 0.3) is 0 Å². The zero-order valence-corrected chi connectivity index (χ0v) is 8.80. The molecule has 0 saturated heterocycles. The molecule has 18 heavy (non-hydrogen) atoms. The molecule has 0 rings (SSSR count). The highest BCUT2D eigenvalue weighted by molar-refractivity contribution is 5.01. The second kappa shape index (κ2) is 4.76. The molecule has 0 radical (unpaired) electrons. The molecule has 0 bridgehead atoms. The van der Waals surface area contributed by atoms with E-state index in [1.165, 1.54) is 0 Å². The first-order valence-corrected chi connectivity index (χ1v) is 4.11. The SMILES string of the molecule is COC(C)OC(F)(F)C(F)(C(F)(F)F)C(F)(F)F. The normalized spacial score (nSPS) is 16.8. The van der Waals surface area contributed by atoms with Crippen molar-refractivity contribution in [1.29, 1.82) is 0 Å². The van der Waals surface area contributed by atoms with Crippen LogP contribution in [0.4, 0.5) is 39.5 Å². The molecule has 0 fully saturated rings. The summed E-state index contributed by atoms with van der Waals surface area (Å²) in [6.45, 7) is 0.571. The van der Waals surface area contributed by atoms with Crippen molar-refractivity contribution >= 4 is 0 Å². The number of rotatable bonds is 4. The van der Waals surface area contributed by atoms with Gasteiger partial charge in [-0.2, -0.15) is 35.1 Å². The first kappa shape index (κ1) is 17.3. The monoisotopic (exact) mass is 294 g/mol. The van der Waals surface area contributed by atoms with Gasteiger partial charge in [-0.25, -0.2) is 4.39 Å². The Hall–Kier alpha value is -0.710. The summed E-state index contributed by atoms with van der Waals surface area (Å²) in [5.74, 6) is 0. The molecule has 0 aromatic heterocycles. The Balaban J connectivity index is 5.61. The number of hydrogen-bond donors (Lipinski definition) is 0. The average Bonchev–Trinajstić information content (AvgIpc) is 2.11. The number of alkyl halides is 9. The van der Waals surface area contributed by atoms with Crippen molar-refractivity contribution < 1.29 is 49.0 Å². The van der Waals surface area contributed by atoms with Gasteiger partial charge in [-0.3, -0.25) is 4.74 Å². The molecule has 0 saturated carbocycles. The molecule has 0 spiro atoms. The highest BCUT2D eigenvalue weighted by Crippen LogP contribution is 2.55. The smallest absolute Gasteiger partial charge is 0.356 e. The maximum atomic E-state index is 12.9. The Morgan fingerprint density at radius 3 is 1.33 bits per heavy atom. The Morgan fingerprint density at radius 2 is 1.11 bits per heavy atom. The summed E-state index contributed by atoms with van der Waals surface area (Å²) in [5, 5.41) is 0. The van der Waals surface area contributed by atoms with Crippen LogP contribution in [0.2, 0.25) is 0 Å². The van der Waals surface area contributed by atoms with E-state index in [1.54, 1.807) is 0 Å². The van der Waals surface area contributed by atoms with Crippen molar-refractivity contribution in [1.82, 2.24) is 0 Å². The first-order chi connectivity index (χ1) is 7.70. The molecule has 0 N–H and O–H groups in total. The van der Waals surface area contributed by atoms with E-state index in [4.69, 9.17) is 0 Å². The summed E-state index contributed by atoms with van der Waals surface area (Å²) in [4.78, 5) is 0. The van der Waals surface area contributed by atoms with E-state index in [0.717, 1.165) is 0 Å².